The summed E-state index contributed by atoms with van der Waals surface area (Å²) >= 11 is 0. The second-order valence-corrected chi connectivity index (χ2v) is 7.51. The van der Waals surface area contributed by atoms with Crippen molar-refractivity contribution < 1.29 is 9.90 Å². The summed E-state index contributed by atoms with van der Waals surface area (Å²) in [5.41, 5.74) is 4.56. The van der Waals surface area contributed by atoms with Gasteiger partial charge in [0.05, 0.1) is 24.5 Å². The van der Waals surface area contributed by atoms with Crippen LogP contribution in [0.2, 0.25) is 0 Å². The molecule has 1 aliphatic carbocycles. The van der Waals surface area contributed by atoms with Gasteiger partial charge in [0.25, 0.3) is 0 Å². The molecule has 1 N–H and O–H groups in total. The van der Waals surface area contributed by atoms with Crippen LogP contribution in [0.4, 0.5) is 0 Å². The van der Waals surface area contributed by atoms with E-state index in [0.29, 0.717) is 19.6 Å². The van der Waals surface area contributed by atoms with Crippen molar-refractivity contribution in [2.75, 3.05) is 0 Å². The maximum Gasteiger partial charge on any atom is 0.322 e. The molecule has 8 nitrogen and oxygen atoms in total. The van der Waals surface area contributed by atoms with E-state index in [2.05, 4.69) is 22.3 Å². The molecule has 0 amide bonds. The lowest BCUT2D eigenvalue weighted by molar-refractivity contribution is -0.145. The Morgan fingerprint density at radius 3 is 2.82 bits per heavy atom. The molecule has 3 heterocycles. The van der Waals surface area contributed by atoms with E-state index in [9.17, 15) is 9.90 Å². The van der Waals surface area contributed by atoms with E-state index in [4.69, 9.17) is 5.10 Å². The summed E-state index contributed by atoms with van der Waals surface area (Å²) in [6.07, 6.45) is 3.12. The highest BCUT2D eigenvalue weighted by Gasteiger charge is 2.35. The third-order valence-electron chi connectivity index (χ3n) is 5.81. The molecule has 1 atom stereocenters. The first-order valence-corrected chi connectivity index (χ1v) is 9.62. The molecular formula is C20H22N6O2. The molecule has 8 heteroatoms. The van der Waals surface area contributed by atoms with Crippen molar-refractivity contribution in [3.05, 3.63) is 58.9 Å². The van der Waals surface area contributed by atoms with E-state index < -0.39 is 12.0 Å². The lowest BCUT2D eigenvalue weighted by Gasteiger charge is -2.33. The number of para-hydroxylation sites is 1. The number of carbonyl (C=O) groups is 1. The molecule has 0 fully saturated rings. The van der Waals surface area contributed by atoms with E-state index in [1.54, 1.807) is 0 Å². The van der Waals surface area contributed by atoms with Crippen molar-refractivity contribution in [1.29, 1.82) is 0 Å². The molecule has 2 aliphatic rings. The van der Waals surface area contributed by atoms with E-state index in [0.717, 1.165) is 42.3 Å². The number of carboxylic acids is 1. The van der Waals surface area contributed by atoms with Crippen LogP contribution in [0.15, 0.2) is 30.3 Å². The number of aryl methyl sites for hydroxylation is 1. The highest BCUT2D eigenvalue weighted by molar-refractivity contribution is 5.73. The van der Waals surface area contributed by atoms with Crippen LogP contribution < -0.4 is 0 Å². The summed E-state index contributed by atoms with van der Waals surface area (Å²) < 4.78 is 3.94. The average Bonchev–Trinajstić information content (AvgIpc) is 3.39. The van der Waals surface area contributed by atoms with Gasteiger partial charge in [-0.15, -0.1) is 10.2 Å². The van der Waals surface area contributed by atoms with Crippen molar-refractivity contribution in [3.8, 4) is 5.69 Å². The Balaban J connectivity index is 1.50. The summed E-state index contributed by atoms with van der Waals surface area (Å²) in [5, 5.41) is 23.0. The fraction of sp³-hybridized carbons (Fsp3) is 0.400. The molecule has 144 valence electrons. The van der Waals surface area contributed by atoms with Crippen molar-refractivity contribution in [2.24, 2.45) is 0 Å². The largest absolute Gasteiger partial charge is 0.480 e. The first kappa shape index (κ1) is 17.1. The van der Waals surface area contributed by atoms with Gasteiger partial charge in [-0.25, -0.2) is 4.68 Å². The Morgan fingerprint density at radius 2 is 2.04 bits per heavy atom. The number of nitrogens with zero attached hydrogens (tertiary/aromatic N) is 6. The monoisotopic (exact) mass is 378 g/mol. The summed E-state index contributed by atoms with van der Waals surface area (Å²) in [5.74, 6) is 0.752. The number of hydrogen-bond acceptors (Lipinski definition) is 5. The molecule has 5 rings (SSSR count). The average molecular weight is 378 g/mol. The number of hydrogen-bond donors (Lipinski definition) is 1. The molecule has 2 aromatic heterocycles. The van der Waals surface area contributed by atoms with E-state index in [1.807, 2.05) is 39.3 Å². The number of fused-ring (bicyclic) bond motifs is 2. The topological polar surface area (TPSA) is 89.1 Å². The number of rotatable bonds is 4. The Morgan fingerprint density at radius 1 is 1.21 bits per heavy atom. The summed E-state index contributed by atoms with van der Waals surface area (Å²) in [6.45, 7) is 3.19. The zero-order valence-corrected chi connectivity index (χ0v) is 15.7. The predicted molar refractivity (Wildman–Crippen MR) is 101 cm³/mol. The number of benzene rings is 1. The first-order valence-electron chi connectivity index (χ1n) is 9.62. The van der Waals surface area contributed by atoms with Gasteiger partial charge in [-0.2, -0.15) is 5.10 Å². The molecule has 3 aromatic rings. The Hall–Kier alpha value is -3.00. The Bertz CT molecular complexity index is 1040. The summed E-state index contributed by atoms with van der Waals surface area (Å²) in [7, 11) is 0. The van der Waals surface area contributed by atoms with E-state index in [1.165, 1.54) is 11.3 Å². The molecule has 28 heavy (non-hydrogen) atoms. The number of aliphatic carboxylic acids is 1. The van der Waals surface area contributed by atoms with Crippen LogP contribution in [0.1, 0.15) is 35.0 Å². The quantitative estimate of drug-likeness (QED) is 0.744. The molecule has 0 bridgehead atoms. The molecular weight excluding hydrogens is 356 g/mol. The van der Waals surface area contributed by atoms with Crippen LogP contribution in [0.25, 0.3) is 5.69 Å². The molecule has 0 radical (unpaired) electrons. The van der Waals surface area contributed by atoms with Gasteiger partial charge < -0.3 is 9.67 Å². The second-order valence-electron chi connectivity index (χ2n) is 7.51. The number of aromatic nitrogens is 5. The van der Waals surface area contributed by atoms with Crippen LogP contribution in [0.3, 0.4) is 0 Å². The zero-order valence-electron chi connectivity index (χ0n) is 15.7. The predicted octanol–water partition coefficient (Wildman–Crippen LogP) is 1.73. The maximum absolute atomic E-state index is 11.9. The van der Waals surface area contributed by atoms with Crippen molar-refractivity contribution in [3.63, 3.8) is 0 Å². The molecule has 1 unspecified atom stereocenters. The zero-order chi connectivity index (χ0) is 19.3. The van der Waals surface area contributed by atoms with Gasteiger partial charge in [0.2, 0.25) is 0 Å². The van der Waals surface area contributed by atoms with E-state index >= 15 is 0 Å². The van der Waals surface area contributed by atoms with Crippen LogP contribution in [-0.2, 0) is 37.3 Å². The molecule has 1 aliphatic heterocycles. The highest BCUT2D eigenvalue weighted by atomic mass is 16.4. The van der Waals surface area contributed by atoms with Crippen molar-refractivity contribution in [2.45, 2.75) is 51.9 Å². The van der Waals surface area contributed by atoms with Gasteiger partial charge in [0, 0.05) is 12.2 Å². The van der Waals surface area contributed by atoms with Crippen molar-refractivity contribution >= 4 is 5.97 Å². The van der Waals surface area contributed by atoms with Crippen LogP contribution in [0, 0.1) is 6.92 Å². The fourth-order valence-corrected chi connectivity index (χ4v) is 4.38. The lowest BCUT2D eigenvalue weighted by atomic mass is 10.1. The van der Waals surface area contributed by atoms with Gasteiger partial charge >= 0.3 is 5.97 Å². The first-order chi connectivity index (χ1) is 13.6. The van der Waals surface area contributed by atoms with Gasteiger partial charge in [0.15, 0.2) is 0 Å². The van der Waals surface area contributed by atoms with Gasteiger partial charge in [-0.05, 0) is 43.9 Å². The van der Waals surface area contributed by atoms with E-state index in [-0.39, 0.29) is 0 Å². The Labute approximate surface area is 162 Å². The van der Waals surface area contributed by atoms with Crippen molar-refractivity contribution in [1.82, 2.24) is 29.4 Å². The minimum Gasteiger partial charge on any atom is -0.480 e. The third-order valence-corrected chi connectivity index (χ3v) is 5.81. The fourth-order valence-electron chi connectivity index (χ4n) is 4.38. The minimum absolute atomic E-state index is 0.366. The molecule has 1 aromatic carbocycles. The van der Waals surface area contributed by atoms with Gasteiger partial charge in [-0.3, -0.25) is 9.69 Å². The lowest BCUT2D eigenvalue weighted by Crippen LogP contribution is -2.47. The SMILES string of the molecule is Cc1nnc2n1CC(C(=O)O)N(Cc1nn(-c3ccccc3)c3c1CCC3)C2. The maximum atomic E-state index is 11.9. The molecule has 0 saturated carbocycles. The standard InChI is InChI=1S/C20H22N6O2/c1-13-21-22-19-12-24(18(20(27)28)11-25(13)19)10-16-15-8-5-9-17(15)26(23-16)14-6-3-2-4-7-14/h2-4,6-7,18H,5,8-12H2,1H3,(H,27,28). The Kier molecular flexibility index (Phi) is 4.01. The smallest absolute Gasteiger partial charge is 0.322 e. The molecule has 0 spiro atoms. The summed E-state index contributed by atoms with van der Waals surface area (Å²) in [6, 6.07) is 9.53. The normalized spacial score (nSPS) is 18.8. The second kappa shape index (κ2) is 6.56. The summed E-state index contributed by atoms with van der Waals surface area (Å²) in [4.78, 5) is 13.9. The highest BCUT2D eigenvalue weighted by Crippen LogP contribution is 2.30. The van der Waals surface area contributed by atoms with Crippen LogP contribution in [0.5, 0.6) is 0 Å². The number of carboxylic acid groups (broad SMARTS) is 1. The minimum atomic E-state index is -0.821. The van der Waals surface area contributed by atoms with Crippen LogP contribution in [-0.4, -0.2) is 46.6 Å². The van der Waals surface area contributed by atoms with Gasteiger partial charge in [0.1, 0.15) is 17.7 Å². The third kappa shape index (κ3) is 2.72. The molecule has 0 saturated heterocycles. The van der Waals surface area contributed by atoms with Gasteiger partial charge in [-0.1, -0.05) is 18.2 Å². The van der Waals surface area contributed by atoms with Crippen LogP contribution >= 0.6 is 0 Å².